The zero-order chi connectivity index (χ0) is 11.6. The fourth-order valence-electron chi connectivity index (χ4n) is 2.64. The highest BCUT2D eigenvalue weighted by molar-refractivity contribution is 4.66. The molecule has 1 saturated heterocycles. The highest BCUT2D eigenvalue weighted by atomic mass is 16.5. The minimum absolute atomic E-state index is 0.546. The third kappa shape index (κ3) is 5.89. The van der Waals surface area contributed by atoms with Crippen LogP contribution in [0, 0.1) is 0 Å². The second kappa shape index (κ2) is 9.04. The summed E-state index contributed by atoms with van der Waals surface area (Å²) in [6, 6.07) is 0. The fourth-order valence-corrected chi connectivity index (χ4v) is 2.64. The molecule has 0 bridgehead atoms. The first-order valence-corrected chi connectivity index (χ1v) is 7.52. The molecule has 2 atom stereocenters. The Morgan fingerprint density at radius 1 is 0.875 bits per heavy atom. The summed E-state index contributed by atoms with van der Waals surface area (Å²) in [4.78, 5) is 0. The Bertz CT molecular complexity index is 156. The van der Waals surface area contributed by atoms with Gasteiger partial charge in [-0.05, 0) is 25.7 Å². The molecule has 0 radical (unpaired) electrons. The minimum atomic E-state index is 0.546. The van der Waals surface area contributed by atoms with E-state index >= 15 is 0 Å². The van der Waals surface area contributed by atoms with Crippen molar-refractivity contribution in [2.75, 3.05) is 0 Å². The minimum Gasteiger partial charge on any atom is -0.375 e. The second-order valence-electron chi connectivity index (χ2n) is 5.28. The molecule has 0 spiro atoms. The molecule has 1 rings (SSSR count). The third-order valence-electron chi connectivity index (χ3n) is 3.77. The van der Waals surface area contributed by atoms with Crippen LogP contribution >= 0.6 is 0 Å². The predicted molar refractivity (Wildman–Crippen MR) is 70.8 cm³/mol. The van der Waals surface area contributed by atoms with Crippen LogP contribution in [-0.4, -0.2) is 12.2 Å². The van der Waals surface area contributed by atoms with E-state index in [9.17, 15) is 0 Å². The van der Waals surface area contributed by atoms with E-state index in [-0.39, 0.29) is 0 Å². The Balaban J connectivity index is 2.31. The van der Waals surface area contributed by atoms with Crippen LogP contribution in [0.3, 0.4) is 0 Å². The van der Waals surface area contributed by atoms with Crippen molar-refractivity contribution in [2.24, 2.45) is 0 Å². The van der Waals surface area contributed by atoms with Crippen molar-refractivity contribution in [1.29, 1.82) is 0 Å². The van der Waals surface area contributed by atoms with Gasteiger partial charge < -0.3 is 4.74 Å². The summed E-state index contributed by atoms with van der Waals surface area (Å²) in [7, 11) is 0. The fraction of sp³-hybridized carbons (Fsp3) is 1.00. The van der Waals surface area contributed by atoms with Crippen LogP contribution in [0.25, 0.3) is 0 Å². The van der Waals surface area contributed by atoms with Gasteiger partial charge in [0.25, 0.3) is 0 Å². The van der Waals surface area contributed by atoms with Gasteiger partial charge in [-0.1, -0.05) is 58.8 Å². The molecule has 1 aliphatic rings. The Hall–Kier alpha value is -0.0400. The molecule has 1 heteroatoms. The first-order chi connectivity index (χ1) is 7.86. The lowest BCUT2D eigenvalue weighted by molar-refractivity contribution is -0.0258. The molecule has 1 fully saturated rings. The first kappa shape index (κ1) is 14.0. The summed E-state index contributed by atoms with van der Waals surface area (Å²) >= 11 is 0. The van der Waals surface area contributed by atoms with E-state index in [1.54, 1.807) is 0 Å². The van der Waals surface area contributed by atoms with Crippen molar-refractivity contribution in [3.05, 3.63) is 0 Å². The normalized spacial score (nSPS) is 28.1. The smallest absolute Gasteiger partial charge is 0.0578 e. The summed E-state index contributed by atoms with van der Waals surface area (Å²) < 4.78 is 6.27. The molecule has 0 aromatic rings. The number of unbranched alkanes of at least 4 members (excludes halogenated alkanes) is 2. The van der Waals surface area contributed by atoms with Crippen LogP contribution in [-0.2, 0) is 4.74 Å². The van der Waals surface area contributed by atoms with Gasteiger partial charge >= 0.3 is 0 Å². The van der Waals surface area contributed by atoms with Crippen LogP contribution in [0.15, 0.2) is 0 Å². The second-order valence-corrected chi connectivity index (χ2v) is 5.28. The summed E-state index contributed by atoms with van der Waals surface area (Å²) in [5.41, 5.74) is 0. The van der Waals surface area contributed by atoms with Crippen molar-refractivity contribution in [2.45, 2.75) is 96.7 Å². The predicted octanol–water partition coefficient (Wildman–Crippen LogP) is 5.08. The lowest BCUT2D eigenvalue weighted by Gasteiger charge is -2.23. The van der Waals surface area contributed by atoms with Crippen LogP contribution in [0.5, 0.6) is 0 Å². The lowest BCUT2D eigenvalue weighted by atomic mass is 10.0. The molecule has 16 heavy (non-hydrogen) atoms. The lowest BCUT2D eigenvalue weighted by Crippen LogP contribution is -2.21. The average Bonchev–Trinajstić information content (AvgIpc) is 2.41. The molecular formula is C15H30O. The van der Waals surface area contributed by atoms with E-state index in [0.29, 0.717) is 12.2 Å². The topological polar surface area (TPSA) is 9.23 Å². The molecule has 1 aliphatic heterocycles. The van der Waals surface area contributed by atoms with Gasteiger partial charge in [-0.15, -0.1) is 0 Å². The maximum Gasteiger partial charge on any atom is 0.0578 e. The van der Waals surface area contributed by atoms with Crippen molar-refractivity contribution in [3.63, 3.8) is 0 Å². The van der Waals surface area contributed by atoms with E-state index in [0.717, 1.165) is 0 Å². The standard InChI is InChI=1S/C15H30O/c1-3-5-8-12-15-13-10-7-6-9-11-14(4-2)16-15/h14-15H,3-13H2,1-2H3/t14-,15-/m0/s1. The van der Waals surface area contributed by atoms with Crippen molar-refractivity contribution >= 4 is 0 Å². The molecule has 0 aromatic heterocycles. The van der Waals surface area contributed by atoms with Crippen LogP contribution in [0.1, 0.15) is 84.5 Å². The molecular weight excluding hydrogens is 196 g/mol. The highest BCUT2D eigenvalue weighted by Gasteiger charge is 2.16. The zero-order valence-electron chi connectivity index (χ0n) is 11.3. The van der Waals surface area contributed by atoms with Gasteiger partial charge in [-0.25, -0.2) is 0 Å². The van der Waals surface area contributed by atoms with Crippen LogP contribution in [0.2, 0.25) is 0 Å². The quantitative estimate of drug-likeness (QED) is 0.594. The van der Waals surface area contributed by atoms with Gasteiger partial charge in [0.2, 0.25) is 0 Å². The molecule has 96 valence electrons. The SMILES string of the molecule is CCCCC[C@H]1CCCCCC[C@H](CC)O1. The van der Waals surface area contributed by atoms with E-state index in [4.69, 9.17) is 4.74 Å². The molecule has 0 aliphatic carbocycles. The maximum absolute atomic E-state index is 6.27. The van der Waals surface area contributed by atoms with Gasteiger partial charge in [0, 0.05) is 0 Å². The van der Waals surface area contributed by atoms with Crippen molar-refractivity contribution in [3.8, 4) is 0 Å². The van der Waals surface area contributed by atoms with Gasteiger partial charge in [0.1, 0.15) is 0 Å². The maximum atomic E-state index is 6.27. The van der Waals surface area contributed by atoms with E-state index in [1.807, 2.05) is 0 Å². The molecule has 0 saturated carbocycles. The number of hydrogen-bond donors (Lipinski definition) is 0. The Kier molecular flexibility index (Phi) is 7.92. The monoisotopic (exact) mass is 226 g/mol. The van der Waals surface area contributed by atoms with E-state index < -0.39 is 0 Å². The molecule has 0 unspecified atom stereocenters. The number of ether oxygens (including phenoxy) is 1. The largest absolute Gasteiger partial charge is 0.375 e. The Morgan fingerprint density at radius 3 is 2.19 bits per heavy atom. The average molecular weight is 226 g/mol. The Labute approximate surface area is 102 Å². The van der Waals surface area contributed by atoms with Crippen molar-refractivity contribution in [1.82, 2.24) is 0 Å². The zero-order valence-corrected chi connectivity index (χ0v) is 11.3. The van der Waals surface area contributed by atoms with Gasteiger partial charge in [0.15, 0.2) is 0 Å². The van der Waals surface area contributed by atoms with Crippen LogP contribution < -0.4 is 0 Å². The molecule has 1 heterocycles. The van der Waals surface area contributed by atoms with Gasteiger partial charge in [-0.3, -0.25) is 0 Å². The third-order valence-corrected chi connectivity index (χ3v) is 3.77. The van der Waals surface area contributed by atoms with Gasteiger partial charge in [-0.2, -0.15) is 0 Å². The summed E-state index contributed by atoms with van der Waals surface area (Å²) in [5, 5.41) is 0. The highest BCUT2D eigenvalue weighted by Crippen LogP contribution is 2.22. The number of hydrogen-bond acceptors (Lipinski definition) is 1. The summed E-state index contributed by atoms with van der Waals surface area (Å²) in [6.45, 7) is 4.55. The first-order valence-electron chi connectivity index (χ1n) is 7.52. The molecule has 1 nitrogen and oxygen atoms in total. The molecule has 0 aromatic carbocycles. The number of rotatable bonds is 5. The van der Waals surface area contributed by atoms with Gasteiger partial charge in [0.05, 0.1) is 12.2 Å². The van der Waals surface area contributed by atoms with E-state index in [1.165, 1.54) is 70.6 Å². The van der Waals surface area contributed by atoms with Crippen molar-refractivity contribution < 1.29 is 4.74 Å². The summed E-state index contributed by atoms with van der Waals surface area (Å²) in [6.07, 6.45) is 15.9. The summed E-state index contributed by atoms with van der Waals surface area (Å²) in [5.74, 6) is 0. The molecule has 0 amide bonds. The molecule has 0 N–H and O–H groups in total. The van der Waals surface area contributed by atoms with E-state index in [2.05, 4.69) is 13.8 Å². The van der Waals surface area contributed by atoms with Crippen LogP contribution in [0.4, 0.5) is 0 Å². The Morgan fingerprint density at radius 2 is 1.56 bits per heavy atom.